The second kappa shape index (κ2) is 6.74. The van der Waals surface area contributed by atoms with E-state index in [9.17, 15) is 10.1 Å². The van der Waals surface area contributed by atoms with Crippen molar-refractivity contribution in [3.05, 3.63) is 59.2 Å². The molecule has 0 N–H and O–H groups in total. The topological polar surface area (TPSA) is 71.1 Å². The molecule has 0 atom stereocenters. The number of benzene rings is 2. The van der Waals surface area contributed by atoms with Crippen LogP contribution in [-0.2, 0) is 4.79 Å². The Morgan fingerprint density at radius 3 is 2.21 bits per heavy atom. The van der Waals surface area contributed by atoms with Gasteiger partial charge in [-0.05, 0) is 80.0 Å². The molecule has 1 saturated carbocycles. The zero-order valence-corrected chi connectivity index (χ0v) is 16.3. The molecule has 2 fully saturated rings. The summed E-state index contributed by atoms with van der Waals surface area (Å²) in [7, 11) is 0. The molecule has 1 saturated heterocycles. The third-order valence-electron chi connectivity index (χ3n) is 5.69. The van der Waals surface area contributed by atoms with Crippen molar-refractivity contribution < 1.29 is 4.79 Å². The van der Waals surface area contributed by atoms with Crippen LogP contribution in [0.25, 0.3) is 0 Å². The lowest BCUT2D eigenvalue weighted by molar-refractivity contribution is -0.121. The van der Waals surface area contributed by atoms with Crippen LogP contribution in [0.4, 0.5) is 11.4 Å². The second-order valence-electron chi connectivity index (χ2n) is 7.27. The Hall–Kier alpha value is -3.22. The summed E-state index contributed by atoms with van der Waals surface area (Å²) < 4.78 is 0. The van der Waals surface area contributed by atoms with Gasteiger partial charge in [-0.3, -0.25) is 9.69 Å². The van der Waals surface area contributed by atoms with Crippen LogP contribution in [-0.4, -0.2) is 16.6 Å². The molecule has 2 aromatic carbocycles. The summed E-state index contributed by atoms with van der Waals surface area (Å²) >= 11 is 5.78. The van der Waals surface area contributed by atoms with Gasteiger partial charge in [-0.2, -0.15) is 10.5 Å². The van der Waals surface area contributed by atoms with Crippen LogP contribution in [0.15, 0.2) is 42.5 Å². The summed E-state index contributed by atoms with van der Waals surface area (Å²) in [6.07, 6.45) is 3.44. The minimum Gasteiger partial charge on any atom is -0.303 e. The van der Waals surface area contributed by atoms with Gasteiger partial charge in [0.2, 0.25) is 0 Å². The number of rotatable bonds is 2. The molecule has 4 rings (SSSR count). The van der Waals surface area contributed by atoms with Crippen LogP contribution in [0.5, 0.6) is 0 Å². The number of amides is 1. The van der Waals surface area contributed by atoms with Gasteiger partial charge in [-0.25, -0.2) is 0 Å². The van der Waals surface area contributed by atoms with Gasteiger partial charge >= 0.3 is 0 Å². The largest absolute Gasteiger partial charge is 0.303 e. The van der Waals surface area contributed by atoms with Gasteiger partial charge in [-0.15, -0.1) is 0 Å². The van der Waals surface area contributed by atoms with E-state index in [-0.39, 0.29) is 5.91 Å². The molecule has 2 aromatic rings. The maximum Gasteiger partial charge on any atom is 0.259 e. The van der Waals surface area contributed by atoms with E-state index in [1.54, 1.807) is 29.2 Å². The lowest BCUT2D eigenvalue weighted by atomic mass is 9.94. The molecular weight excluding hydrogens is 368 g/mol. The number of thiocarbonyl (C=S) groups is 1. The van der Waals surface area contributed by atoms with Crippen LogP contribution < -0.4 is 9.80 Å². The Kier molecular flexibility index (Phi) is 4.37. The molecule has 1 spiro atoms. The molecule has 1 aliphatic heterocycles. The van der Waals surface area contributed by atoms with Crippen molar-refractivity contribution in [2.24, 2.45) is 0 Å². The third kappa shape index (κ3) is 2.58. The summed E-state index contributed by atoms with van der Waals surface area (Å²) in [4.78, 5) is 17.2. The van der Waals surface area contributed by atoms with Crippen LogP contribution in [0, 0.1) is 29.6 Å². The molecule has 0 bridgehead atoms. The Labute approximate surface area is 169 Å². The monoisotopic (exact) mass is 386 g/mol. The molecule has 0 radical (unpaired) electrons. The van der Waals surface area contributed by atoms with Crippen molar-refractivity contribution in [2.75, 3.05) is 9.80 Å². The summed E-state index contributed by atoms with van der Waals surface area (Å²) in [5, 5.41) is 18.7. The second-order valence-corrected chi connectivity index (χ2v) is 7.63. The lowest BCUT2D eigenvalue weighted by Gasteiger charge is -2.32. The molecule has 28 heavy (non-hydrogen) atoms. The first-order valence-corrected chi connectivity index (χ1v) is 9.62. The first kappa shape index (κ1) is 18.2. The highest BCUT2D eigenvalue weighted by Gasteiger charge is 2.57. The summed E-state index contributed by atoms with van der Waals surface area (Å²) in [5.41, 5.74) is 2.81. The summed E-state index contributed by atoms with van der Waals surface area (Å²) in [5.74, 6) is -0.0107. The van der Waals surface area contributed by atoms with Crippen LogP contribution in [0.1, 0.15) is 42.4 Å². The van der Waals surface area contributed by atoms with E-state index in [2.05, 4.69) is 12.1 Å². The van der Waals surface area contributed by atoms with Gasteiger partial charge in [0.15, 0.2) is 5.11 Å². The predicted molar refractivity (Wildman–Crippen MR) is 111 cm³/mol. The number of nitrogens with zero attached hydrogens (tertiary/aromatic N) is 4. The summed E-state index contributed by atoms with van der Waals surface area (Å²) in [6.45, 7) is 1.86. The first-order chi connectivity index (χ1) is 13.5. The van der Waals surface area contributed by atoms with E-state index >= 15 is 0 Å². The number of aryl methyl sites for hydroxylation is 1. The molecular formula is C22H18N4OS. The molecule has 6 heteroatoms. The Balaban J connectivity index is 1.81. The number of nitriles is 2. The number of carbonyl (C=O) groups is 1. The van der Waals surface area contributed by atoms with Gasteiger partial charge in [0.1, 0.15) is 5.54 Å². The normalized spacial score (nSPS) is 17.8. The van der Waals surface area contributed by atoms with Crippen molar-refractivity contribution in [1.82, 2.24) is 0 Å². The zero-order chi connectivity index (χ0) is 19.9. The molecule has 1 aliphatic carbocycles. The van der Waals surface area contributed by atoms with E-state index in [0.717, 1.165) is 36.9 Å². The van der Waals surface area contributed by atoms with Crippen molar-refractivity contribution in [2.45, 2.75) is 38.1 Å². The van der Waals surface area contributed by atoms with Crippen molar-refractivity contribution in [3.8, 4) is 12.1 Å². The average Bonchev–Trinajstić information content (AvgIpc) is 3.26. The Bertz CT molecular complexity index is 1060. The number of anilines is 2. The summed E-state index contributed by atoms with van der Waals surface area (Å²) in [6, 6.07) is 16.8. The zero-order valence-electron chi connectivity index (χ0n) is 15.5. The quantitative estimate of drug-likeness (QED) is 0.724. The SMILES string of the molecule is Cc1cc(N2C(=O)C3(CCCC3)N(c3ccc(C#N)cc3)C2=S)ccc1C#N. The Morgan fingerprint density at radius 2 is 1.64 bits per heavy atom. The van der Waals surface area contributed by atoms with Gasteiger partial charge in [0.05, 0.1) is 29.0 Å². The van der Waals surface area contributed by atoms with Crippen LogP contribution in [0.2, 0.25) is 0 Å². The van der Waals surface area contributed by atoms with Crippen molar-refractivity contribution in [3.63, 3.8) is 0 Å². The fraction of sp³-hybridized carbons (Fsp3) is 0.273. The standard InChI is InChI=1S/C22H18N4OS/c1-15-12-19(9-6-17(15)14-24)25-20(27)22(10-2-3-11-22)26(21(25)28)18-7-4-16(13-23)5-8-18/h4-9,12H,2-3,10-11H2,1H3. The molecule has 0 unspecified atom stereocenters. The fourth-order valence-corrected chi connectivity index (χ4v) is 4.72. The molecule has 1 heterocycles. The number of carbonyl (C=O) groups excluding carboxylic acids is 1. The van der Waals surface area contributed by atoms with E-state index in [1.807, 2.05) is 30.0 Å². The predicted octanol–water partition coefficient (Wildman–Crippen LogP) is 4.19. The van der Waals surface area contributed by atoms with Gasteiger partial charge in [0.25, 0.3) is 5.91 Å². The molecule has 5 nitrogen and oxygen atoms in total. The fourth-order valence-electron chi connectivity index (χ4n) is 4.25. The van der Waals surface area contributed by atoms with E-state index in [4.69, 9.17) is 17.5 Å². The first-order valence-electron chi connectivity index (χ1n) is 9.21. The number of hydrogen-bond donors (Lipinski definition) is 0. The van der Waals surface area contributed by atoms with Crippen LogP contribution >= 0.6 is 12.2 Å². The van der Waals surface area contributed by atoms with Crippen LogP contribution in [0.3, 0.4) is 0 Å². The highest BCUT2D eigenvalue weighted by atomic mass is 32.1. The highest BCUT2D eigenvalue weighted by Crippen LogP contribution is 2.46. The maximum atomic E-state index is 13.6. The molecule has 2 aliphatic rings. The molecule has 1 amide bonds. The van der Waals surface area contributed by atoms with Gasteiger partial charge in [0, 0.05) is 5.69 Å². The average molecular weight is 386 g/mol. The molecule has 138 valence electrons. The van der Waals surface area contributed by atoms with Gasteiger partial charge < -0.3 is 4.90 Å². The maximum absolute atomic E-state index is 13.6. The Morgan fingerprint density at radius 1 is 1.00 bits per heavy atom. The van der Waals surface area contributed by atoms with E-state index in [1.165, 1.54) is 0 Å². The highest BCUT2D eigenvalue weighted by molar-refractivity contribution is 7.81. The minimum atomic E-state index is -0.674. The molecule has 0 aromatic heterocycles. The van der Waals surface area contributed by atoms with Gasteiger partial charge in [-0.1, -0.05) is 12.8 Å². The van der Waals surface area contributed by atoms with E-state index < -0.39 is 5.54 Å². The number of hydrogen-bond acceptors (Lipinski definition) is 4. The minimum absolute atomic E-state index is 0.0107. The van der Waals surface area contributed by atoms with Crippen molar-refractivity contribution in [1.29, 1.82) is 10.5 Å². The van der Waals surface area contributed by atoms with Crippen molar-refractivity contribution >= 4 is 34.6 Å². The van der Waals surface area contributed by atoms with E-state index in [0.29, 0.717) is 21.9 Å². The smallest absolute Gasteiger partial charge is 0.259 e. The lowest BCUT2D eigenvalue weighted by Crippen LogP contribution is -2.47. The third-order valence-corrected chi connectivity index (χ3v) is 6.05.